The summed E-state index contributed by atoms with van der Waals surface area (Å²) in [7, 11) is 0. The molecule has 0 radical (unpaired) electrons. The maximum Gasteiger partial charge on any atom is 0.379 e. The van der Waals surface area contributed by atoms with Gasteiger partial charge in [0.25, 0.3) is 0 Å². The van der Waals surface area contributed by atoms with E-state index in [0.29, 0.717) is 12.4 Å². The van der Waals surface area contributed by atoms with Gasteiger partial charge in [-0.15, -0.1) is 0 Å². The van der Waals surface area contributed by atoms with Crippen molar-refractivity contribution in [1.29, 1.82) is 0 Å². The second-order valence-electron chi connectivity index (χ2n) is 3.28. The van der Waals surface area contributed by atoms with Crippen molar-refractivity contribution >= 4 is 0 Å². The Morgan fingerprint density at radius 1 is 1.79 bits per heavy atom. The van der Waals surface area contributed by atoms with E-state index in [4.69, 9.17) is 9.47 Å². The standard InChI is InChI=1S/C9H11NO4/c1-2-6-13-7-4-3-5-9(10(11)12)8(7)14-9/h3-5,8H,2,6H2,1H3. The third kappa shape index (κ3) is 1.21. The number of allylic oxidation sites excluding steroid dienone is 2. The number of hydrogen-bond acceptors (Lipinski definition) is 4. The van der Waals surface area contributed by atoms with Gasteiger partial charge < -0.3 is 4.74 Å². The second kappa shape index (κ2) is 3.09. The van der Waals surface area contributed by atoms with E-state index in [1.54, 1.807) is 12.2 Å². The van der Waals surface area contributed by atoms with Crippen LogP contribution in [0.4, 0.5) is 0 Å². The number of epoxide rings is 1. The van der Waals surface area contributed by atoms with E-state index in [1.807, 2.05) is 6.92 Å². The fourth-order valence-electron chi connectivity index (χ4n) is 1.45. The molecule has 5 heteroatoms. The molecule has 2 aliphatic rings. The van der Waals surface area contributed by atoms with Crippen LogP contribution in [-0.4, -0.2) is 23.4 Å². The van der Waals surface area contributed by atoms with Crippen molar-refractivity contribution in [2.75, 3.05) is 6.61 Å². The summed E-state index contributed by atoms with van der Waals surface area (Å²) < 4.78 is 10.4. The second-order valence-corrected chi connectivity index (χ2v) is 3.28. The summed E-state index contributed by atoms with van der Waals surface area (Å²) in [5.41, 5.74) is -1.34. The molecule has 1 heterocycles. The number of rotatable bonds is 4. The zero-order valence-corrected chi connectivity index (χ0v) is 7.80. The molecule has 1 aliphatic carbocycles. The summed E-state index contributed by atoms with van der Waals surface area (Å²) in [4.78, 5) is 10.3. The molecular weight excluding hydrogens is 186 g/mol. The lowest BCUT2D eigenvalue weighted by molar-refractivity contribution is -0.548. The van der Waals surface area contributed by atoms with Gasteiger partial charge >= 0.3 is 5.72 Å². The smallest absolute Gasteiger partial charge is 0.379 e. The van der Waals surface area contributed by atoms with E-state index in [2.05, 4.69) is 0 Å². The van der Waals surface area contributed by atoms with Gasteiger partial charge in [-0.25, -0.2) is 0 Å². The van der Waals surface area contributed by atoms with Crippen molar-refractivity contribution in [3.8, 4) is 0 Å². The van der Waals surface area contributed by atoms with E-state index in [9.17, 15) is 10.1 Å². The third-order valence-corrected chi connectivity index (χ3v) is 2.24. The monoisotopic (exact) mass is 197 g/mol. The van der Waals surface area contributed by atoms with Gasteiger partial charge in [-0.2, -0.15) is 0 Å². The summed E-state index contributed by atoms with van der Waals surface area (Å²) in [5.74, 6) is 0.561. The Morgan fingerprint density at radius 2 is 2.57 bits per heavy atom. The molecule has 0 spiro atoms. The van der Waals surface area contributed by atoms with Crippen LogP contribution in [-0.2, 0) is 9.47 Å². The van der Waals surface area contributed by atoms with Crippen molar-refractivity contribution in [1.82, 2.24) is 0 Å². The minimum atomic E-state index is -1.34. The molecule has 76 valence electrons. The Labute approximate surface area is 81.1 Å². The van der Waals surface area contributed by atoms with Crippen LogP contribution in [0.25, 0.3) is 0 Å². The molecule has 1 saturated heterocycles. The normalized spacial score (nSPS) is 33.2. The number of hydrogen-bond donors (Lipinski definition) is 0. The van der Waals surface area contributed by atoms with Crippen molar-refractivity contribution in [2.24, 2.45) is 0 Å². The van der Waals surface area contributed by atoms with E-state index in [1.165, 1.54) is 6.08 Å². The number of ether oxygens (including phenoxy) is 2. The van der Waals surface area contributed by atoms with Crippen LogP contribution in [0.5, 0.6) is 0 Å². The Morgan fingerprint density at radius 3 is 3.21 bits per heavy atom. The van der Waals surface area contributed by atoms with Crippen LogP contribution in [0.15, 0.2) is 24.0 Å². The molecule has 5 nitrogen and oxygen atoms in total. The van der Waals surface area contributed by atoms with Crippen molar-refractivity contribution in [3.63, 3.8) is 0 Å². The quantitative estimate of drug-likeness (QED) is 0.386. The van der Waals surface area contributed by atoms with Gasteiger partial charge in [-0.3, -0.25) is 14.9 Å². The van der Waals surface area contributed by atoms with Gasteiger partial charge in [0.05, 0.1) is 11.5 Å². The first-order valence-electron chi connectivity index (χ1n) is 4.55. The minimum Gasteiger partial charge on any atom is -0.495 e. The number of nitrogens with zero attached hydrogens (tertiary/aromatic N) is 1. The highest BCUT2D eigenvalue weighted by Crippen LogP contribution is 2.45. The van der Waals surface area contributed by atoms with Gasteiger partial charge in [0.15, 0.2) is 0 Å². The molecule has 2 rings (SSSR count). The largest absolute Gasteiger partial charge is 0.495 e. The average molecular weight is 197 g/mol. The first-order valence-corrected chi connectivity index (χ1v) is 4.55. The third-order valence-electron chi connectivity index (χ3n) is 2.24. The molecule has 0 saturated carbocycles. The predicted octanol–water partition coefficient (Wildman–Crippen LogP) is 1.24. The van der Waals surface area contributed by atoms with Crippen LogP contribution in [0.1, 0.15) is 13.3 Å². The summed E-state index contributed by atoms with van der Waals surface area (Å²) in [6.07, 6.45) is 5.14. The molecule has 2 unspecified atom stereocenters. The maximum atomic E-state index is 10.7. The zero-order valence-electron chi connectivity index (χ0n) is 7.80. The van der Waals surface area contributed by atoms with E-state index >= 15 is 0 Å². The first-order chi connectivity index (χ1) is 6.70. The molecule has 0 aromatic carbocycles. The number of fused-ring (bicyclic) bond motifs is 1. The summed E-state index contributed by atoms with van der Waals surface area (Å²) >= 11 is 0. The Bertz CT molecular complexity index is 323. The lowest BCUT2D eigenvalue weighted by atomic mass is 10.1. The van der Waals surface area contributed by atoms with Crippen molar-refractivity contribution in [2.45, 2.75) is 25.2 Å². The van der Waals surface area contributed by atoms with Crippen LogP contribution in [0.3, 0.4) is 0 Å². The molecule has 2 atom stereocenters. The molecule has 0 amide bonds. The van der Waals surface area contributed by atoms with Gasteiger partial charge in [0, 0.05) is 6.08 Å². The Kier molecular flexibility index (Phi) is 2.03. The molecule has 1 fully saturated rings. The molecule has 0 aromatic heterocycles. The fraction of sp³-hybridized carbons (Fsp3) is 0.556. The summed E-state index contributed by atoms with van der Waals surface area (Å²) in [6.45, 7) is 2.54. The number of nitro groups is 1. The van der Waals surface area contributed by atoms with E-state index in [0.717, 1.165) is 6.42 Å². The predicted molar refractivity (Wildman–Crippen MR) is 48.1 cm³/mol. The molecule has 14 heavy (non-hydrogen) atoms. The Hall–Kier alpha value is -1.36. The lowest BCUT2D eigenvalue weighted by Gasteiger charge is -2.08. The SMILES string of the molecule is CCCOC1=CC=CC2([N+](=O)[O-])OC12. The molecule has 0 bridgehead atoms. The van der Waals surface area contributed by atoms with Crippen molar-refractivity contribution in [3.05, 3.63) is 34.1 Å². The van der Waals surface area contributed by atoms with Crippen molar-refractivity contribution < 1.29 is 14.4 Å². The zero-order chi connectivity index (χ0) is 10.2. The summed E-state index contributed by atoms with van der Waals surface area (Å²) in [6, 6.07) is 0. The lowest BCUT2D eigenvalue weighted by Crippen LogP contribution is -2.26. The average Bonchev–Trinajstić information content (AvgIpc) is 2.90. The van der Waals surface area contributed by atoms with E-state index < -0.39 is 16.8 Å². The fourth-order valence-corrected chi connectivity index (χ4v) is 1.45. The van der Waals surface area contributed by atoms with Gasteiger partial charge in [-0.1, -0.05) is 13.0 Å². The van der Waals surface area contributed by atoms with Crippen LogP contribution in [0, 0.1) is 10.1 Å². The van der Waals surface area contributed by atoms with Gasteiger partial charge in [0.2, 0.25) is 6.10 Å². The first kappa shape index (κ1) is 9.21. The highest BCUT2D eigenvalue weighted by Gasteiger charge is 2.71. The highest BCUT2D eigenvalue weighted by atomic mass is 16.8. The van der Waals surface area contributed by atoms with Gasteiger partial charge in [0.1, 0.15) is 5.76 Å². The van der Waals surface area contributed by atoms with Crippen LogP contribution in [0.2, 0.25) is 0 Å². The Balaban J connectivity index is 2.07. The van der Waals surface area contributed by atoms with E-state index in [-0.39, 0.29) is 0 Å². The minimum absolute atomic E-state index is 0.420. The molecule has 0 aromatic rings. The molecule has 1 aliphatic heterocycles. The van der Waals surface area contributed by atoms with Crippen LogP contribution >= 0.6 is 0 Å². The van der Waals surface area contributed by atoms with Gasteiger partial charge in [-0.05, 0) is 12.5 Å². The molecule has 0 N–H and O–H groups in total. The molecular formula is C9H11NO4. The highest BCUT2D eigenvalue weighted by molar-refractivity contribution is 5.31. The maximum absolute atomic E-state index is 10.7. The van der Waals surface area contributed by atoms with Crippen LogP contribution < -0.4 is 0 Å². The topological polar surface area (TPSA) is 64.9 Å². The summed E-state index contributed by atoms with van der Waals surface area (Å²) in [5, 5.41) is 10.7.